The molecule has 10 unspecified atom stereocenters. The number of esters is 1. The maximum Gasteiger partial charge on any atom is 0.344 e. The fraction of sp³-hybridized carbons (Fsp3) is 0.511. The summed E-state index contributed by atoms with van der Waals surface area (Å²) in [6.45, 7) is 5.17. The molecule has 1 saturated heterocycles. The Kier molecular flexibility index (Phi) is 16.7. The number of hydrogen-bond donors (Lipinski definition) is 12. The minimum absolute atomic E-state index is 0.0143. The van der Waals surface area contributed by atoms with Crippen LogP contribution in [0.25, 0.3) is 0 Å². The van der Waals surface area contributed by atoms with Gasteiger partial charge in [0.25, 0.3) is 0 Å². The van der Waals surface area contributed by atoms with Crippen molar-refractivity contribution in [3.05, 3.63) is 64.7 Å². The molecule has 21 heteroatoms. The van der Waals surface area contributed by atoms with Crippen LogP contribution < -0.4 is 35.3 Å². The number of hydrogen-bond acceptors (Lipinski definition) is 18. The number of nitrogens with two attached hydrogens (primary N) is 1. The summed E-state index contributed by atoms with van der Waals surface area (Å²) in [5.74, 6) is -1.55. The van der Waals surface area contributed by atoms with Gasteiger partial charge < -0.3 is 90.7 Å². The van der Waals surface area contributed by atoms with Gasteiger partial charge in [-0.05, 0) is 37.7 Å². The third kappa shape index (κ3) is 11.0. The number of carboxylic acids is 1. The number of benzene rings is 3. The summed E-state index contributed by atoms with van der Waals surface area (Å²) in [5, 5.41) is 107. The number of aromatic carboxylic acids is 1. The molecule has 0 amide bonds. The van der Waals surface area contributed by atoms with E-state index in [1.165, 1.54) is 7.11 Å². The predicted octanol–water partition coefficient (Wildman–Crippen LogP) is 1.18. The zero-order valence-corrected chi connectivity index (χ0v) is 38.0. The molecule has 10 atom stereocenters. The van der Waals surface area contributed by atoms with Crippen LogP contribution in [0.5, 0.6) is 34.5 Å². The van der Waals surface area contributed by atoms with Gasteiger partial charge in [-0.3, -0.25) is 0 Å². The highest BCUT2D eigenvalue weighted by atomic mass is 16.7. The van der Waals surface area contributed by atoms with Crippen LogP contribution in [-0.2, 0) is 22.3 Å². The number of carbonyl (C=O) groups is 2. The number of guanidine groups is 1. The number of rotatable bonds is 18. The molecule has 3 aromatic carbocycles. The van der Waals surface area contributed by atoms with Gasteiger partial charge in [0.05, 0.1) is 31.1 Å². The van der Waals surface area contributed by atoms with E-state index in [0.29, 0.717) is 25.8 Å². The number of phenols is 2. The average Bonchev–Trinajstić information content (AvgIpc) is 3.45. The van der Waals surface area contributed by atoms with Crippen molar-refractivity contribution in [1.82, 2.24) is 5.32 Å². The summed E-state index contributed by atoms with van der Waals surface area (Å²) in [7, 11) is 1.18. The molecule has 0 aliphatic carbocycles. The molecular formula is C47H60N4O17. The quantitative estimate of drug-likeness (QED) is 0.0213. The Bertz CT molecular complexity index is 2360. The molecule has 68 heavy (non-hydrogen) atoms. The molecule has 6 rings (SSSR count). The molecule has 0 spiro atoms. The van der Waals surface area contributed by atoms with Crippen LogP contribution in [0.2, 0.25) is 0 Å². The number of anilines is 1. The van der Waals surface area contributed by atoms with Crippen molar-refractivity contribution in [3.63, 3.8) is 0 Å². The maximum atomic E-state index is 13.8. The lowest BCUT2D eigenvalue weighted by Crippen LogP contribution is -2.69. The fourth-order valence-corrected chi connectivity index (χ4v) is 8.47. The van der Waals surface area contributed by atoms with Crippen LogP contribution in [0, 0.1) is 29.6 Å². The van der Waals surface area contributed by atoms with E-state index in [1.54, 1.807) is 20.8 Å². The second-order valence-corrected chi connectivity index (χ2v) is 17.1. The van der Waals surface area contributed by atoms with Gasteiger partial charge >= 0.3 is 11.9 Å². The Morgan fingerprint density at radius 1 is 1.04 bits per heavy atom. The van der Waals surface area contributed by atoms with Crippen LogP contribution in [-0.4, -0.2) is 146 Å². The molecule has 0 radical (unpaired) electrons. The van der Waals surface area contributed by atoms with Crippen molar-refractivity contribution in [3.8, 4) is 46.3 Å². The standard InChI is InChI=1S/C47H60N4O17/c1-23(2)34(53)32-24(3)51-33-27-19-26(32)13-10-15-47(62)40(56)39(44(61)68-43(60)29-21-30(63-4)36(55)38(35(29)54)64-18-14-25-11-6-5-7-12-25)67-45(41(47)57)66-37(27)31(20-28(33)42(58)59)65-22-50-46(48)49-16-8-9-17-52/h5-7,11-12,20-21,23-24,26,32,34,39-41,44-45,51-57,61-62H,8-9,14-19,22H2,1-4H3,(H,58,59)(H3,48,49,50). The first kappa shape index (κ1) is 51.1. The number of aliphatic hydroxyl groups excluding tert-OH is 5. The molecule has 4 bridgehead atoms. The number of carbonyl (C=O) groups excluding carboxylic acids is 1. The Morgan fingerprint density at radius 2 is 1.76 bits per heavy atom. The lowest BCUT2D eigenvalue weighted by molar-refractivity contribution is -0.337. The van der Waals surface area contributed by atoms with Gasteiger partial charge in [0.2, 0.25) is 24.1 Å². The van der Waals surface area contributed by atoms with Gasteiger partial charge in [0.1, 0.15) is 23.4 Å². The third-order valence-electron chi connectivity index (χ3n) is 12.2. The molecule has 13 N–H and O–H groups in total. The second-order valence-electron chi connectivity index (χ2n) is 17.1. The maximum absolute atomic E-state index is 13.8. The van der Waals surface area contributed by atoms with Gasteiger partial charge in [-0.15, -0.1) is 0 Å². The van der Waals surface area contributed by atoms with Crippen molar-refractivity contribution >= 4 is 23.6 Å². The third-order valence-corrected chi connectivity index (χ3v) is 12.2. The summed E-state index contributed by atoms with van der Waals surface area (Å²) in [4.78, 5) is 30.8. The molecule has 3 heterocycles. The molecule has 3 aromatic rings. The van der Waals surface area contributed by atoms with E-state index in [9.17, 15) is 50.4 Å². The first-order valence-corrected chi connectivity index (χ1v) is 22.1. The SMILES string of the molecule is COc1cc(C(=O)OC(O)C2OC3Oc4c(OCN=C(N)NCCCCO)cc(C(=O)O)c5c4CC(C#CCC(O)(C3O)C2O)C(C(O)C(C)C)C(C)N5)c(O)c(OCCc2ccccc2)c1O. The topological polar surface area (TPSA) is 334 Å². The number of unbranched alkanes of at least 4 members (excludes halogenated alkanes) is 1. The smallest absolute Gasteiger partial charge is 0.344 e. The van der Waals surface area contributed by atoms with Crippen molar-refractivity contribution in [1.29, 1.82) is 0 Å². The summed E-state index contributed by atoms with van der Waals surface area (Å²) >= 11 is 0. The monoisotopic (exact) mass is 952 g/mol. The van der Waals surface area contributed by atoms with Crippen LogP contribution in [0.15, 0.2) is 47.5 Å². The molecule has 0 aromatic heterocycles. The number of aromatic hydroxyl groups is 2. The van der Waals surface area contributed by atoms with E-state index < -0.39 is 108 Å². The first-order valence-electron chi connectivity index (χ1n) is 22.1. The molecule has 370 valence electrons. The lowest BCUT2D eigenvalue weighted by Gasteiger charge is -2.48. The Balaban J connectivity index is 1.38. The molecule has 1 fully saturated rings. The summed E-state index contributed by atoms with van der Waals surface area (Å²) in [5.41, 5.74) is 3.48. The van der Waals surface area contributed by atoms with Crippen molar-refractivity contribution in [2.24, 2.45) is 28.5 Å². The number of phenolic OH excluding ortho intramolecular Hbond substituents is 2. The van der Waals surface area contributed by atoms with Gasteiger partial charge in [-0.2, -0.15) is 0 Å². The van der Waals surface area contributed by atoms with E-state index in [1.807, 2.05) is 30.3 Å². The van der Waals surface area contributed by atoms with Crippen LogP contribution in [0.1, 0.15) is 71.9 Å². The van der Waals surface area contributed by atoms with Crippen molar-refractivity contribution in [2.45, 2.75) is 102 Å². The van der Waals surface area contributed by atoms with Crippen molar-refractivity contribution < 1.29 is 84.0 Å². The van der Waals surface area contributed by atoms with E-state index >= 15 is 0 Å². The van der Waals surface area contributed by atoms with Gasteiger partial charge in [0, 0.05) is 61.6 Å². The van der Waals surface area contributed by atoms with E-state index in [-0.39, 0.29) is 65.6 Å². The molecule has 0 saturated carbocycles. The zero-order chi connectivity index (χ0) is 49.4. The molecule has 21 nitrogen and oxygen atoms in total. The molecular weight excluding hydrogens is 893 g/mol. The van der Waals surface area contributed by atoms with Crippen molar-refractivity contribution in [2.75, 3.05) is 38.9 Å². The van der Waals surface area contributed by atoms with E-state index in [0.717, 1.165) is 17.7 Å². The minimum atomic E-state index is -2.70. The lowest BCUT2D eigenvalue weighted by atomic mass is 9.76. The van der Waals surface area contributed by atoms with Gasteiger partial charge in [-0.25, -0.2) is 14.6 Å². The highest BCUT2D eigenvalue weighted by Crippen LogP contribution is 2.49. The fourth-order valence-electron chi connectivity index (χ4n) is 8.47. The van der Waals surface area contributed by atoms with E-state index in [2.05, 4.69) is 27.5 Å². The first-order chi connectivity index (χ1) is 32.4. The van der Waals surface area contributed by atoms with Crippen LogP contribution in [0.3, 0.4) is 0 Å². The summed E-state index contributed by atoms with van der Waals surface area (Å²) in [6, 6.07) is 10.6. The number of ether oxygens (including phenoxy) is 6. The van der Waals surface area contributed by atoms with Crippen LogP contribution in [0.4, 0.5) is 5.69 Å². The van der Waals surface area contributed by atoms with Crippen LogP contribution >= 0.6 is 0 Å². The molecule has 3 aliphatic heterocycles. The normalized spacial score (nSPS) is 25.2. The number of nitrogens with zero attached hydrogens (tertiary/aromatic N) is 1. The number of nitrogens with one attached hydrogen (secondary N) is 2. The molecule has 3 aliphatic rings. The second kappa shape index (κ2) is 22.2. The Hall–Kier alpha value is -6.25. The number of aliphatic hydroxyl groups is 6. The summed E-state index contributed by atoms with van der Waals surface area (Å²) < 4.78 is 34.5. The number of carboxylic acid groups (broad SMARTS) is 1. The Morgan fingerprint density at radius 3 is 2.44 bits per heavy atom. The average molecular weight is 953 g/mol. The summed E-state index contributed by atoms with van der Waals surface area (Å²) in [6.07, 6.45) is -11.4. The minimum Gasteiger partial charge on any atom is -0.504 e. The number of fused-ring (bicyclic) bond motifs is 3. The van der Waals surface area contributed by atoms with Gasteiger partial charge in [-0.1, -0.05) is 56.0 Å². The zero-order valence-electron chi connectivity index (χ0n) is 38.0. The van der Waals surface area contributed by atoms with Gasteiger partial charge in [0.15, 0.2) is 41.8 Å². The predicted molar refractivity (Wildman–Crippen MR) is 241 cm³/mol. The number of methoxy groups -OCH3 is 1. The highest BCUT2D eigenvalue weighted by molar-refractivity contribution is 5.97. The van der Waals surface area contributed by atoms with E-state index in [4.69, 9.17) is 39.3 Å². The Labute approximate surface area is 392 Å². The largest absolute Gasteiger partial charge is 0.504 e. The highest BCUT2D eigenvalue weighted by Gasteiger charge is 2.59. The number of aliphatic imine (C=N–C) groups is 1.